The number of aromatic carboxylic acids is 1. The Bertz CT molecular complexity index is 549. The van der Waals surface area contributed by atoms with Crippen molar-refractivity contribution in [2.45, 2.75) is 4.90 Å². The molecular weight excluding hydrogens is 330 g/mol. The van der Waals surface area contributed by atoms with Gasteiger partial charge in [-0.15, -0.1) is 17.9 Å². The Balaban J connectivity index is 3.24. The second-order valence-corrected chi connectivity index (χ2v) is 7.51. The van der Waals surface area contributed by atoms with Crippen molar-refractivity contribution in [3.05, 3.63) is 27.4 Å². The Kier molecular flexibility index (Phi) is 4.48. The molecular formula is C9H10BrNO4S2. The third kappa shape index (κ3) is 2.95. The van der Waals surface area contributed by atoms with Crippen LogP contribution in [0.25, 0.3) is 0 Å². The Morgan fingerprint density at radius 1 is 1.71 bits per heavy atom. The standard InChI is InChI=1S/C9H10BrNO4S2/c1-3-4-11(2)17(14,15)7-5-6(9(12)13)16-8(7)10/h3,5H,1,4H2,2H3,(H,12,13). The quantitative estimate of drug-likeness (QED) is 0.832. The van der Waals surface area contributed by atoms with Gasteiger partial charge < -0.3 is 5.11 Å². The van der Waals surface area contributed by atoms with Crippen molar-refractivity contribution in [1.29, 1.82) is 0 Å². The predicted octanol–water partition coefficient (Wildman–Crippen LogP) is 2.02. The van der Waals surface area contributed by atoms with Crippen LogP contribution in [0.5, 0.6) is 0 Å². The number of hydrogen-bond acceptors (Lipinski definition) is 4. The first-order valence-electron chi connectivity index (χ1n) is 4.40. The lowest BCUT2D eigenvalue weighted by molar-refractivity contribution is 0.0702. The van der Waals surface area contributed by atoms with E-state index in [9.17, 15) is 13.2 Å². The van der Waals surface area contributed by atoms with Gasteiger partial charge >= 0.3 is 5.97 Å². The summed E-state index contributed by atoms with van der Waals surface area (Å²) in [6.07, 6.45) is 1.45. The number of hydrogen-bond donors (Lipinski definition) is 1. The van der Waals surface area contributed by atoms with E-state index in [0.717, 1.165) is 21.7 Å². The van der Waals surface area contributed by atoms with Crippen molar-refractivity contribution in [3.63, 3.8) is 0 Å². The third-order valence-electron chi connectivity index (χ3n) is 1.94. The fourth-order valence-electron chi connectivity index (χ4n) is 1.08. The maximum atomic E-state index is 12.0. The third-order valence-corrected chi connectivity index (χ3v) is 6.00. The summed E-state index contributed by atoms with van der Waals surface area (Å²) >= 11 is 3.93. The molecule has 0 amide bonds. The SMILES string of the molecule is C=CCN(C)S(=O)(=O)c1cc(C(=O)O)sc1Br. The molecule has 0 bridgehead atoms. The number of likely N-dealkylation sites (N-methyl/N-ethyl adjacent to an activating group) is 1. The molecule has 0 unspecified atom stereocenters. The first kappa shape index (κ1) is 14.4. The molecule has 8 heteroatoms. The maximum absolute atomic E-state index is 12.0. The van der Waals surface area contributed by atoms with Gasteiger partial charge in [-0.05, 0) is 22.0 Å². The summed E-state index contributed by atoms with van der Waals surface area (Å²) in [7, 11) is -2.28. The minimum Gasteiger partial charge on any atom is -0.477 e. The van der Waals surface area contributed by atoms with E-state index in [1.54, 1.807) is 0 Å². The molecule has 0 aliphatic heterocycles. The van der Waals surface area contributed by atoms with Crippen LogP contribution in [0, 0.1) is 0 Å². The first-order chi connectivity index (χ1) is 7.80. The number of sulfonamides is 1. The van der Waals surface area contributed by atoms with Gasteiger partial charge in [0.15, 0.2) is 0 Å². The lowest BCUT2D eigenvalue weighted by Gasteiger charge is -2.14. The molecule has 0 fully saturated rings. The number of rotatable bonds is 5. The van der Waals surface area contributed by atoms with Crippen LogP contribution in [-0.2, 0) is 10.0 Å². The first-order valence-corrected chi connectivity index (χ1v) is 7.45. The average molecular weight is 340 g/mol. The van der Waals surface area contributed by atoms with Crippen LogP contribution in [0.2, 0.25) is 0 Å². The van der Waals surface area contributed by atoms with Crippen molar-refractivity contribution in [2.75, 3.05) is 13.6 Å². The molecule has 1 rings (SSSR count). The smallest absolute Gasteiger partial charge is 0.345 e. The molecule has 1 N–H and O–H groups in total. The van der Waals surface area contributed by atoms with Crippen molar-refractivity contribution in [3.8, 4) is 0 Å². The van der Waals surface area contributed by atoms with Crippen LogP contribution in [0.4, 0.5) is 0 Å². The van der Waals surface area contributed by atoms with Crippen LogP contribution in [0.1, 0.15) is 9.67 Å². The predicted molar refractivity (Wildman–Crippen MR) is 69.0 cm³/mol. The summed E-state index contributed by atoms with van der Waals surface area (Å²) in [6.45, 7) is 3.61. The molecule has 1 aromatic rings. The largest absolute Gasteiger partial charge is 0.477 e. The van der Waals surface area contributed by atoms with E-state index in [0.29, 0.717) is 0 Å². The molecule has 0 radical (unpaired) electrons. The summed E-state index contributed by atoms with van der Waals surface area (Å²) in [5.74, 6) is -1.15. The second kappa shape index (κ2) is 5.30. The Labute approximate surface area is 112 Å². The van der Waals surface area contributed by atoms with Gasteiger partial charge in [-0.2, -0.15) is 4.31 Å². The summed E-state index contributed by atoms with van der Waals surface area (Å²) in [4.78, 5) is 10.7. The van der Waals surface area contributed by atoms with E-state index in [1.807, 2.05) is 0 Å². The minimum atomic E-state index is -3.68. The number of nitrogens with zero attached hydrogens (tertiary/aromatic N) is 1. The summed E-state index contributed by atoms with van der Waals surface area (Å²) in [5, 5.41) is 8.80. The van der Waals surface area contributed by atoms with E-state index in [1.165, 1.54) is 13.1 Å². The minimum absolute atomic E-state index is 0.0255. The molecule has 1 heterocycles. The molecule has 0 atom stereocenters. The second-order valence-electron chi connectivity index (χ2n) is 3.13. The number of carboxylic acid groups (broad SMARTS) is 1. The van der Waals surface area contributed by atoms with Gasteiger partial charge in [0, 0.05) is 13.6 Å². The normalized spacial score (nSPS) is 11.7. The fraction of sp³-hybridized carbons (Fsp3) is 0.222. The number of carbonyl (C=O) groups is 1. The van der Waals surface area contributed by atoms with Gasteiger partial charge in [0.2, 0.25) is 10.0 Å². The van der Waals surface area contributed by atoms with Crippen LogP contribution in [-0.4, -0.2) is 37.4 Å². The Hall–Kier alpha value is -0.700. The molecule has 0 saturated heterocycles. The van der Waals surface area contributed by atoms with E-state index < -0.39 is 16.0 Å². The highest BCUT2D eigenvalue weighted by Crippen LogP contribution is 2.33. The van der Waals surface area contributed by atoms with Crippen LogP contribution in [0.3, 0.4) is 0 Å². The number of carboxylic acids is 1. The number of halogens is 1. The molecule has 0 aromatic carbocycles. The van der Waals surface area contributed by atoms with E-state index in [-0.39, 0.29) is 20.1 Å². The molecule has 0 aliphatic carbocycles. The molecule has 1 aromatic heterocycles. The molecule has 0 spiro atoms. The lowest BCUT2D eigenvalue weighted by Crippen LogP contribution is -2.26. The molecule has 17 heavy (non-hydrogen) atoms. The molecule has 94 valence electrons. The van der Waals surface area contributed by atoms with E-state index >= 15 is 0 Å². The van der Waals surface area contributed by atoms with Gasteiger partial charge in [0.05, 0.1) is 3.79 Å². The van der Waals surface area contributed by atoms with Gasteiger partial charge in [-0.3, -0.25) is 0 Å². The van der Waals surface area contributed by atoms with Crippen molar-refractivity contribution < 1.29 is 18.3 Å². The molecule has 0 saturated carbocycles. The monoisotopic (exact) mass is 339 g/mol. The lowest BCUT2D eigenvalue weighted by atomic mass is 10.5. The summed E-state index contributed by atoms with van der Waals surface area (Å²) in [5.41, 5.74) is 0. The van der Waals surface area contributed by atoms with E-state index in [4.69, 9.17) is 5.11 Å². The average Bonchev–Trinajstić information content (AvgIpc) is 2.61. The van der Waals surface area contributed by atoms with Crippen molar-refractivity contribution in [2.24, 2.45) is 0 Å². The molecule has 5 nitrogen and oxygen atoms in total. The highest BCUT2D eigenvalue weighted by Gasteiger charge is 2.26. The zero-order valence-electron chi connectivity index (χ0n) is 8.88. The van der Waals surface area contributed by atoms with Crippen molar-refractivity contribution in [1.82, 2.24) is 4.31 Å². The van der Waals surface area contributed by atoms with Crippen molar-refractivity contribution >= 4 is 43.3 Å². The Morgan fingerprint density at radius 2 is 2.29 bits per heavy atom. The van der Waals surface area contributed by atoms with Gasteiger partial charge in [-0.1, -0.05) is 6.08 Å². The Morgan fingerprint density at radius 3 is 2.71 bits per heavy atom. The van der Waals surface area contributed by atoms with Crippen LogP contribution < -0.4 is 0 Å². The van der Waals surface area contributed by atoms with E-state index in [2.05, 4.69) is 22.5 Å². The topological polar surface area (TPSA) is 74.7 Å². The summed E-state index contributed by atoms with van der Waals surface area (Å²) in [6, 6.07) is 1.14. The van der Waals surface area contributed by atoms with Crippen LogP contribution in [0.15, 0.2) is 27.4 Å². The highest BCUT2D eigenvalue weighted by molar-refractivity contribution is 9.11. The zero-order valence-corrected chi connectivity index (χ0v) is 12.1. The number of thiophene rings is 1. The highest BCUT2D eigenvalue weighted by atomic mass is 79.9. The van der Waals surface area contributed by atoms with Gasteiger partial charge in [0.1, 0.15) is 9.77 Å². The fourth-order valence-corrected chi connectivity index (χ4v) is 4.57. The molecule has 0 aliphatic rings. The summed E-state index contributed by atoms with van der Waals surface area (Å²) < 4.78 is 25.5. The maximum Gasteiger partial charge on any atom is 0.345 e. The van der Waals surface area contributed by atoms with Crippen LogP contribution >= 0.6 is 27.3 Å². The van der Waals surface area contributed by atoms with Gasteiger partial charge in [-0.25, -0.2) is 13.2 Å². The zero-order chi connectivity index (χ0) is 13.2. The van der Waals surface area contributed by atoms with Gasteiger partial charge in [0.25, 0.3) is 0 Å².